The second-order valence-electron chi connectivity index (χ2n) is 15.8. The molecule has 311 valence electrons. The van der Waals surface area contributed by atoms with Gasteiger partial charge in [-0.05, 0) is 55.7 Å². The van der Waals surface area contributed by atoms with Crippen molar-refractivity contribution < 1.29 is 33.6 Å². The third-order valence-electron chi connectivity index (χ3n) is 9.46. The molecule has 1 aromatic carbocycles. The number of hydrogen-bond donors (Lipinski definition) is 9. The van der Waals surface area contributed by atoms with Crippen LogP contribution < -0.4 is 43.4 Å². The molecule has 1 radical (unpaired) electrons. The lowest BCUT2D eigenvalue weighted by molar-refractivity contribution is -0.134. The minimum atomic E-state index is -1.03. The Labute approximate surface area is 330 Å². The summed E-state index contributed by atoms with van der Waals surface area (Å²) in [5.74, 6) is -4.46. The molecule has 6 unspecified atom stereocenters. The van der Waals surface area contributed by atoms with Crippen LogP contribution in [0, 0.1) is 30.2 Å². The third-order valence-corrected chi connectivity index (χ3v) is 9.46. The van der Waals surface area contributed by atoms with Crippen molar-refractivity contribution in [3.8, 4) is 0 Å². The van der Waals surface area contributed by atoms with Crippen LogP contribution in [0.15, 0.2) is 30.5 Å². The maximum Gasteiger partial charge on any atom is 0.245 e. The predicted octanol–water partition coefficient (Wildman–Crippen LogP) is 1.08. The van der Waals surface area contributed by atoms with E-state index in [1.807, 2.05) is 52.0 Å². The van der Waals surface area contributed by atoms with E-state index in [-0.39, 0.29) is 49.5 Å². The van der Waals surface area contributed by atoms with Gasteiger partial charge in [0.2, 0.25) is 35.4 Å². The fourth-order valence-electron chi connectivity index (χ4n) is 6.39. The number of ketones is 1. The van der Waals surface area contributed by atoms with Gasteiger partial charge < -0.3 is 48.4 Å². The standard InChI is InChI=1S/C40H64N9O7/c1-22(2)15-27(20-45-32(37(42)53)16-23(3)4)47-35(52)21-46-40(56)36(24(5)6)49-38(54)25(7)17-33(50)31(48-39(55)30(43-8)13-14-34(41)51)18-26-19-44-29-12-10-9-11-28(26)29/h9-12,19,21-25,27,30-32,36,43-45H,13-18,20H2,1-8H3,(H2,41,51)(H2,42,53)(H,46,56)(H,47,52)(H,48,55)(H,49,54). The number of amides is 6. The molecule has 2 rings (SSSR count). The van der Waals surface area contributed by atoms with Crippen molar-refractivity contribution >= 4 is 52.1 Å². The summed E-state index contributed by atoms with van der Waals surface area (Å²) < 4.78 is 0. The second-order valence-corrected chi connectivity index (χ2v) is 15.8. The van der Waals surface area contributed by atoms with Crippen LogP contribution in [0.5, 0.6) is 0 Å². The molecule has 0 fully saturated rings. The quantitative estimate of drug-likeness (QED) is 0.0661. The fraction of sp³-hybridized carbons (Fsp3) is 0.600. The number of rotatable bonds is 26. The SMILES string of the molecule is CNC(CCC(N)=O)C(=O)NC(Cc1c[nH]c2ccccc12)C(=O)CC(C)C(=O)NC(C(=O)N[CH]C(=O)NC(CNC(CC(C)C)C(N)=O)CC(C)C)C(C)C. The van der Waals surface area contributed by atoms with Crippen LogP contribution in [0.25, 0.3) is 10.9 Å². The minimum absolute atomic E-state index is 0.0300. The highest BCUT2D eigenvalue weighted by atomic mass is 16.2. The van der Waals surface area contributed by atoms with Crippen molar-refractivity contribution in [2.24, 2.45) is 35.1 Å². The smallest absolute Gasteiger partial charge is 0.245 e. The molecule has 1 heterocycles. The summed E-state index contributed by atoms with van der Waals surface area (Å²) in [7, 11) is 1.57. The molecular formula is C40H64N9O7. The van der Waals surface area contributed by atoms with E-state index in [2.05, 4.69) is 36.9 Å². The topological polar surface area (TPSA) is 260 Å². The van der Waals surface area contributed by atoms with Crippen LogP contribution in [0.4, 0.5) is 0 Å². The molecule has 16 heteroatoms. The van der Waals surface area contributed by atoms with Gasteiger partial charge >= 0.3 is 0 Å². The Balaban J connectivity index is 2.09. The Morgan fingerprint density at radius 2 is 1.45 bits per heavy atom. The van der Waals surface area contributed by atoms with E-state index in [0.29, 0.717) is 19.4 Å². The fourth-order valence-corrected chi connectivity index (χ4v) is 6.39. The first-order chi connectivity index (χ1) is 26.3. The molecule has 16 nitrogen and oxygen atoms in total. The molecule has 56 heavy (non-hydrogen) atoms. The molecule has 0 aliphatic rings. The van der Waals surface area contributed by atoms with Gasteiger partial charge in [-0.25, -0.2) is 0 Å². The lowest BCUT2D eigenvalue weighted by Gasteiger charge is -2.26. The number of H-pyrrole nitrogens is 1. The van der Waals surface area contributed by atoms with E-state index in [0.717, 1.165) is 23.0 Å². The normalized spacial score (nSPS) is 14.8. The summed E-state index contributed by atoms with van der Waals surface area (Å²) in [4.78, 5) is 93.2. The van der Waals surface area contributed by atoms with E-state index >= 15 is 0 Å². The molecule has 1 aromatic heterocycles. The Kier molecular flexibility index (Phi) is 19.7. The summed E-state index contributed by atoms with van der Waals surface area (Å²) >= 11 is 0. The number of aromatic nitrogens is 1. The summed E-state index contributed by atoms with van der Waals surface area (Å²) in [6.07, 6.45) is 2.92. The highest BCUT2D eigenvalue weighted by Crippen LogP contribution is 2.21. The van der Waals surface area contributed by atoms with Crippen molar-refractivity contribution in [1.29, 1.82) is 0 Å². The first-order valence-corrected chi connectivity index (χ1v) is 19.4. The first kappa shape index (κ1) is 47.3. The molecule has 0 aliphatic carbocycles. The van der Waals surface area contributed by atoms with Crippen molar-refractivity contribution in [2.45, 2.75) is 117 Å². The zero-order valence-electron chi connectivity index (χ0n) is 34.1. The molecule has 2 aromatic rings. The zero-order chi connectivity index (χ0) is 42.1. The van der Waals surface area contributed by atoms with E-state index in [1.54, 1.807) is 34.0 Å². The lowest BCUT2D eigenvalue weighted by Crippen LogP contribution is -2.53. The van der Waals surface area contributed by atoms with E-state index in [9.17, 15) is 33.6 Å². The van der Waals surface area contributed by atoms with Gasteiger partial charge in [-0.3, -0.25) is 33.6 Å². The van der Waals surface area contributed by atoms with Gasteiger partial charge in [0.05, 0.1) is 18.1 Å². The van der Waals surface area contributed by atoms with Gasteiger partial charge in [0, 0.05) is 54.9 Å². The number of nitrogens with one attached hydrogen (secondary N) is 7. The van der Waals surface area contributed by atoms with Crippen LogP contribution in [0.1, 0.15) is 86.1 Å². The number of Topliss-reactive ketones (excluding diaryl/α,β-unsaturated/α-hetero) is 1. The Morgan fingerprint density at radius 3 is 2.04 bits per heavy atom. The molecular weight excluding hydrogens is 718 g/mol. The number of aromatic amines is 1. The van der Waals surface area contributed by atoms with Crippen molar-refractivity contribution in [1.82, 2.24) is 36.9 Å². The van der Waals surface area contributed by atoms with Gasteiger partial charge in [-0.15, -0.1) is 0 Å². The Hall–Kier alpha value is -4.83. The van der Waals surface area contributed by atoms with Gasteiger partial charge in [0.15, 0.2) is 5.78 Å². The number of benzene rings is 1. The number of primary amides is 2. The van der Waals surface area contributed by atoms with Gasteiger partial charge in [-0.1, -0.05) is 66.7 Å². The van der Waals surface area contributed by atoms with Crippen molar-refractivity contribution in [3.63, 3.8) is 0 Å². The highest BCUT2D eigenvalue weighted by Gasteiger charge is 2.31. The number of fused-ring (bicyclic) bond motifs is 1. The molecule has 6 amide bonds. The number of carbonyl (C=O) groups excluding carboxylic acids is 7. The number of nitrogens with two attached hydrogens (primary N) is 2. The highest BCUT2D eigenvalue weighted by molar-refractivity contribution is 5.96. The van der Waals surface area contributed by atoms with E-state index in [1.165, 1.54) is 0 Å². The van der Waals surface area contributed by atoms with Gasteiger partial charge in [-0.2, -0.15) is 0 Å². The van der Waals surface area contributed by atoms with E-state index < -0.39 is 71.3 Å². The maximum atomic E-state index is 13.8. The van der Waals surface area contributed by atoms with Crippen molar-refractivity contribution in [2.75, 3.05) is 13.6 Å². The average molecular weight is 783 g/mol. The van der Waals surface area contributed by atoms with Crippen LogP contribution in [0.2, 0.25) is 0 Å². The molecule has 0 saturated carbocycles. The summed E-state index contributed by atoms with van der Waals surface area (Å²) in [6.45, 7) is 14.3. The number of likely N-dealkylation sites (N-methyl/N-ethyl adjacent to an activating group) is 1. The first-order valence-electron chi connectivity index (χ1n) is 19.4. The average Bonchev–Trinajstić information content (AvgIpc) is 3.52. The minimum Gasteiger partial charge on any atom is -0.370 e. The zero-order valence-corrected chi connectivity index (χ0v) is 34.1. The lowest BCUT2D eigenvalue weighted by atomic mass is 9.93. The predicted molar refractivity (Wildman–Crippen MR) is 215 cm³/mol. The maximum absolute atomic E-state index is 13.8. The molecule has 0 spiro atoms. The van der Waals surface area contributed by atoms with Gasteiger partial charge in [0.25, 0.3) is 0 Å². The number of carbonyl (C=O) groups is 7. The third kappa shape index (κ3) is 16.1. The van der Waals surface area contributed by atoms with Crippen LogP contribution >= 0.6 is 0 Å². The summed E-state index contributed by atoms with van der Waals surface area (Å²) in [5.41, 5.74) is 12.5. The molecule has 0 bridgehead atoms. The number of para-hydroxylation sites is 1. The largest absolute Gasteiger partial charge is 0.370 e. The van der Waals surface area contributed by atoms with Crippen molar-refractivity contribution in [3.05, 3.63) is 42.6 Å². The summed E-state index contributed by atoms with van der Waals surface area (Å²) in [5, 5.41) is 17.8. The summed E-state index contributed by atoms with van der Waals surface area (Å²) in [6, 6.07) is 3.81. The van der Waals surface area contributed by atoms with Crippen LogP contribution in [0.3, 0.4) is 0 Å². The Morgan fingerprint density at radius 1 is 0.786 bits per heavy atom. The second kappa shape index (κ2) is 23.3. The van der Waals surface area contributed by atoms with Crippen LogP contribution in [-0.4, -0.2) is 90.0 Å². The molecule has 6 atom stereocenters. The molecule has 0 saturated heterocycles. The monoisotopic (exact) mass is 782 g/mol. The number of hydrogen-bond acceptors (Lipinski definition) is 9. The molecule has 0 aliphatic heterocycles. The molecule has 11 N–H and O–H groups in total. The van der Waals surface area contributed by atoms with Gasteiger partial charge in [0.1, 0.15) is 12.6 Å². The van der Waals surface area contributed by atoms with Crippen LogP contribution in [-0.2, 0) is 40.0 Å². The Bertz CT molecular complexity index is 1640. The van der Waals surface area contributed by atoms with E-state index in [4.69, 9.17) is 11.5 Å².